The van der Waals surface area contributed by atoms with E-state index in [1.54, 1.807) is 38.0 Å². The minimum absolute atomic E-state index is 0.335. The van der Waals surface area contributed by atoms with Crippen LogP contribution in [-0.2, 0) is 14.8 Å². The van der Waals surface area contributed by atoms with Crippen LogP contribution in [0.4, 0.5) is 11.4 Å². The van der Waals surface area contributed by atoms with Crippen molar-refractivity contribution in [3.05, 3.63) is 42.5 Å². The van der Waals surface area contributed by atoms with Crippen molar-refractivity contribution in [2.75, 3.05) is 58.4 Å². The minimum atomic E-state index is -3.45. The fourth-order valence-electron chi connectivity index (χ4n) is 3.70. The molecule has 1 fully saturated rings. The SMILES string of the molecule is CN(C)S(=O)(=O)c1ccc2c(c1)Sc1ccccc1N2CCCN1CCOCC1. The normalized spacial score (nSPS) is 17.3. The van der Waals surface area contributed by atoms with Crippen LogP contribution in [0.1, 0.15) is 6.42 Å². The first-order valence-electron chi connectivity index (χ1n) is 9.88. The van der Waals surface area contributed by atoms with Gasteiger partial charge in [0.05, 0.1) is 29.5 Å². The Kier molecular flexibility index (Phi) is 6.17. The van der Waals surface area contributed by atoms with Crippen LogP contribution in [0.3, 0.4) is 0 Å². The van der Waals surface area contributed by atoms with Gasteiger partial charge in [-0.3, -0.25) is 4.90 Å². The highest BCUT2D eigenvalue weighted by atomic mass is 32.2. The van der Waals surface area contributed by atoms with E-state index in [1.165, 1.54) is 9.99 Å². The van der Waals surface area contributed by atoms with E-state index in [1.807, 2.05) is 12.1 Å². The van der Waals surface area contributed by atoms with Crippen molar-refractivity contribution >= 4 is 33.2 Å². The molecule has 2 aromatic rings. The molecule has 0 aliphatic carbocycles. The molecular formula is C21H27N3O3S2. The number of para-hydroxylation sites is 1. The second kappa shape index (κ2) is 8.65. The van der Waals surface area contributed by atoms with Crippen LogP contribution >= 0.6 is 11.8 Å². The molecule has 2 heterocycles. The zero-order valence-corrected chi connectivity index (χ0v) is 18.5. The number of ether oxygens (including phenoxy) is 1. The van der Waals surface area contributed by atoms with Crippen molar-refractivity contribution in [1.29, 1.82) is 0 Å². The molecule has 0 radical (unpaired) electrons. The molecule has 6 nitrogen and oxygen atoms in total. The van der Waals surface area contributed by atoms with Gasteiger partial charge in [0.1, 0.15) is 0 Å². The molecule has 1 saturated heterocycles. The third-order valence-electron chi connectivity index (χ3n) is 5.34. The number of morpholine rings is 1. The smallest absolute Gasteiger partial charge is 0.242 e. The molecule has 0 spiro atoms. The first-order valence-corrected chi connectivity index (χ1v) is 12.1. The number of hydrogen-bond donors (Lipinski definition) is 0. The number of fused-ring (bicyclic) bond motifs is 2. The lowest BCUT2D eigenvalue weighted by atomic mass is 10.2. The summed E-state index contributed by atoms with van der Waals surface area (Å²) in [6.07, 6.45) is 1.04. The predicted molar refractivity (Wildman–Crippen MR) is 117 cm³/mol. The molecule has 0 bridgehead atoms. The number of hydrogen-bond acceptors (Lipinski definition) is 6. The highest BCUT2D eigenvalue weighted by Crippen LogP contribution is 2.48. The second-order valence-corrected chi connectivity index (χ2v) is 10.7. The molecule has 0 atom stereocenters. The molecular weight excluding hydrogens is 406 g/mol. The molecule has 2 aromatic carbocycles. The van der Waals surface area contributed by atoms with Crippen molar-refractivity contribution in [1.82, 2.24) is 9.21 Å². The first-order chi connectivity index (χ1) is 14.0. The molecule has 2 aliphatic rings. The molecule has 0 saturated carbocycles. The van der Waals surface area contributed by atoms with Crippen LogP contribution in [-0.4, -0.2) is 71.1 Å². The molecule has 0 aromatic heterocycles. The Bertz CT molecular complexity index is 973. The number of nitrogens with zero attached hydrogens (tertiary/aromatic N) is 3. The second-order valence-electron chi connectivity index (χ2n) is 7.45. The van der Waals surface area contributed by atoms with Crippen molar-refractivity contribution in [2.45, 2.75) is 21.1 Å². The van der Waals surface area contributed by atoms with E-state index in [4.69, 9.17) is 4.74 Å². The fourth-order valence-corrected chi connectivity index (χ4v) is 5.84. The summed E-state index contributed by atoms with van der Waals surface area (Å²) in [4.78, 5) is 7.25. The van der Waals surface area contributed by atoms with Gasteiger partial charge in [0.15, 0.2) is 0 Å². The molecule has 0 amide bonds. The van der Waals surface area contributed by atoms with E-state index in [0.717, 1.165) is 61.3 Å². The lowest BCUT2D eigenvalue weighted by Crippen LogP contribution is -2.38. The summed E-state index contributed by atoms with van der Waals surface area (Å²) in [6.45, 7) is 5.55. The maximum Gasteiger partial charge on any atom is 0.242 e. The van der Waals surface area contributed by atoms with Crippen molar-refractivity contribution < 1.29 is 13.2 Å². The monoisotopic (exact) mass is 433 g/mol. The summed E-state index contributed by atoms with van der Waals surface area (Å²) in [6, 6.07) is 13.8. The Morgan fingerprint density at radius 3 is 2.48 bits per heavy atom. The summed E-state index contributed by atoms with van der Waals surface area (Å²) in [7, 11) is -0.324. The number of anilines is 2. The lowest BCUT2D eigenvalue weighted by Gasteiger charge is -2.34. The summed E-state index contributed by atoms with van der Waals surface area (Å²) in [5.74, 6) is 0. The topological polar surface area (TPSA) is 53.1 Å². The summed E-state index contributed by atoms with van der Waals surface area (Å²) < 4.78 is 31.9. The third-order valence-corrected chi connectivity index (χ3v) is 8.26. The van der Waals surface area contributed by atoms with Crippen LogP contribution in [0.25, 0.3) is 0 Å². The van der Waals surface area contributed by atoms with Crippen LogP contribution in [0, 0.1) is 0 Å². The Hall–Kier alpha value is -1.58. The Morgan fingerprint density at radius 1 is 1.00 bits per heavy atom. The molecule has 0 unspecified atom stereocenters. The Labute approximate surface area is 177 Å². The van der Waals surface area contributed by atoms with Crippen molar-refractivity contribution in [2.24, 2.45) is 0 Å². The molecule has 2 aliphatic heterocycles. The molecule has 4 rings (SSSR count). The quantitative estimate of drug-likeness (QED) is 0.697. The molecule has 0 N–H and O–H groups in total. The Morgan fingerprint density at radius 2 is 1.72 bits per heavy atom. The van der Waals surface area contributed by atoms with Crippen LogP contribution in [0.2, 0.25) is 0 Å². The van der Waals surface area contributed by atoms with Crippen molar-refractivity contribution in [3.63, 3.8) is 0 Å². The van der Waals surface area contributed by atoms with E-state index in [2.05, 4.69) is 28.0 Å². The van der Waals surface area contributed by atoms with Gasteiger partial charge in [-0.15, -0.1) is 0 Å². The number of sulfonamides is 1. The van der Waals surface area contributed by atoms with Gasteiger partial charge in [-0.25, -0.2) is 12.7 Å². The first kappa shape index (κ1) is 20.7. The maximum atomic E-state index is 12.6. The zero-order valence-electron chi connectivity index (χ0n) is 16.9. The molecule has 29 heavy (non-hydrogen) atoms. The average molecular weight is 434 g/mol. The van der Waals surface area contributed by atoms with Gasteiger partial charge in [-0.05, 0) is 36.8 Å². The highest BCUT2D eigenvalue weighted by molar-refractivity contribution is 7.99. The van der Waals surface area contributed by atoms with E-state index in [9.17, 15) is 8.42 Å². The van der Waals surface area contributed by atoms with E-state index < -0.39 is 10.0 Å². The Balaban J connectivity index is 1.60. The third kappa shape index (κ3) is 4.32. The standard InChI is InChI=1S/C21H27N3O3S2/c1-22(2)29(25,26)17-8-9-19-21(16-17)28-20-7-4-3-6-18(20)24(19)11-5-10-23-12-14-27-15-13-23/h3-4,6-9,16H,5,10-15H2,1-2H3. The minimum Gasteiger partial charge on any atom is -0.379 e. The summed E-state index contributed by atoms with van der Waals surface area (Å²) in [5.41, 5.74) is 2.27. The van der Waals surface area contributed by atoms with Gasteiger partial charge < -0.3 is 9.64 Å². The van der Waals surface area contributed by atoms with Gasteiger partial charge in [0, 0.05) is 50.1 Å². The summed E-state index contributed by atoms with van der Waals surface area (Å²) >= 11 is 1.64. The predicted octanol–water partition coefficient (Wildman–Crippen LogP) is 3.26. The molecule has 8 heteroatoms. The maximum absolute atomic E-state index is 12.6. The number of benzene rings is 2. The van der Waals surface area contributed by atoms with Crippen LogP contribution in [0.15, 0.2) is 57.2 Å². The van der Waals surface area contributed by atoms with Gasteiger partial charge in [-0.1, -0.05) is 23.9 Å². The highest BCUT2D eigenvalue weighted by Gasteiger charge is 2.26. The lowest BCUT2D eigenvalue weighted by molar-refractivity contribution is 0.0377. The van der Waals surface area contributed by atoms with Crippen LogP contribution < -0.4 is 4.90 Å². The zero-order chi connectivity index (χ0) is 20.4. The molecule has 156 valence electrons. The van der Waals surface area contributed by atoms with Gasteiger partial charge in [0.2, 0.25) is 10.0 Å². The van der Waals surface area contributed by atoms with Gasteiger partial charge in [0.25, 0.3) is 0 Å². The van der Waals surface area contributed by atoms with E-state index in [-0.39, 0.29) is 0 Å². The van der Waals surface area contributed by atoms with E-state index >= 15 is 0 Å². The van der Waals surface area contributed by atoms with Gasteiger partial charge in [-0.2, -0.15) is 0 Å². The largest absolute Gasteiger partial charge is 0.379 e. The van der Waals surface area contributed by atoms with Crippen LogP contribution in [0.5, 0.6) is 0 Å². The summed E-state index contributed by atoms with van der Waals surface area (Å²) in [5, 5.41) is 0. The number of rotatable bonds is 6. The fraction of sp³-hybridized carbons (Fsp3) is 0.429. The van der Waals surface area contributed by atoms with Crippen molar-refractivity contribution in [3.8, 4) is 0 Å². The average Bonchev–Trinajstić information content (AvgIpc) is 2.73. The van der Waals surface area contributed by atoms with Gasteiger partial charge >= 0.3 is 0 Å². The van der Waals surface area contributed by atoms with E-state index in [0.29, 0.717) is 4.90 Å².